The second kappa shape index (κ2) is 6.84. The van der Waals surface area contributed by atoms with Crippen LogP contribution in [0.2, 0.25) is 0 Å². The van der Waals surface area contributed by atoms with Gasteiger partial charge in [0.15, 0.2) is 0 Å². The minimum absolute atomic E-state index is 0.0911. The summed E-state index contributed by atoms with van der Waals surface area (Å²) in [4.78, 5) is 15.4. The average Bonchev–Trinajstić information content (AvgIpc) is 2.77. The van der Waals surface area contributed by atoms with E-state index in [2.05, 4.69) is 36.4 Å². The van der Waals surface area contributed by atoms with Crippen LogP contribution >= 0.6 is 0 Å². The second-order valence-corrected chi connectivity index (χ2v) is 6.91. The van der Waals surface area contributed by atoms with Crippen LogP contribution in [0.1, 0.15) is 11.1 Å². The molecule has 0 fully saturated rings. The van der Waals surface area contributed by atoms with Crippen molar-refractivity contribution < 1.29 is 4.92 Å². The lowest BCUT2D eigenvalue weighted by Gasteiger charge is -2.10. The second-order valence-electron chi connectivity index (χ2n) is 6.91. The smallest absolute Gasteiger partial charge is 0.258 e. The SMILES string of the molecule is O=[N+]([O-])c1ccc(/C=C\c2c3ccccc3nc3c2ccc2ccccc23)cc1. The maximum atomic E-state index is 10.9. The molecule has 0 spiro atoms. The lowest BCUT2D eigenvalue weighted by atomic mass is 9.98. The molecule has 0 radical (unpaired) electrons. The van der Waals surface area contributed by atoms with Crippen molar-refractivity contribution in [1.82, 2.24) is 4.98 Å². The van der Waals surface area contributed by atoms with Gasteiger partial charge in [0, 0.05) is 28.3 Å². The Bertz CT molecular complexity index is 1420. The van der Waals surface area contributed by atoms with E-state index in [-0.39, 0.29) is 10.6 Å². The van der Waals surface area contributed by atoms with Crippen LogP contribution in [0.15, 0.2) is 84.9 Å². The predicted molar refractivity (Wildman–Crippen MR) is 119 cm³/mol. The van der Waals surface area contributed by atoms with E-state index in [1.807, 2.05) is 36.4 Å². The third-order valence-corrected chi connectivity index (χ3v) is 5.16. The Morgan fingerprint density at radius 1 is 0.724 bits per heavy atom. The van der Waals surface area contributed by atoms with Gasteiger partial charge in [-0.15, -0.1) is 0 Å². The molecule has 0 atom stereocenters. The van der Waals surface area contributed by atoms with Crippen molar-refractivity contribution in [1.29, 1.82) is 0 Å². The maximum Gasteiger partial charge on any atom is 0.269 e. The summed E-state index contributed by atoms with van der Waals surface area (Å²) < 4.78 is 0. The Morgan fingerprint density at radius 3 is 2.24 bits per heavy atom. The van der Waals surface area contributed by atoms with Crippen LogP contribution in [0.4, 0.5) is 5.69 Å². The Hall–Kier alpha value is -4.05. The average molecular weight is 376 g/mol. The molecule has 0 saturated heterocycles. The molecule has 1 aromatic heterocycles. The van der Waals surface area contributed by atoms with E-state index in [9.17, 15) is 10.1 Å². The summed E-state index contributed by atoms with van der Waals surface area (Å²) in [6, 6.07) is 27.2. The molecule has 0 unspecified atom stereocenters. The van der Waals surface area contributed by atoms with E-state index < -0.39 is 0 Å². The summed E-state index contributed by atoms with van der Waals surface area (Å²) in [5, 5.41) is 15.3. The number of hydrogen-bond acceptors (Lipinski definition) is 3. The number of aromatic nitrogens is 1. The zero-order valence-corrected chi connectivity index (χ0v) is 15.4. The number of benzene rings is 4. The number of nitro groups is 1. The van der Waals surface area contributed by atoms with E-state index in [1.54, 1.807) is 12.1 Å². The summed E-state index contributed by atoms with van der Waals surface area (Å²) in [7, 11) is 0. The maximum absolute atomic E-state index is 10.9. The Balaban J connectivity index is 1.74. The molecule has 138 valence electrons. The molecule has 4 aromatic carbocycles. The normalized spacial score (nSPS) is 11.6. The molecule has 0 bridgehead atoms. The Morgan fingerprint density at radius 2 is 1.45 bits per heavy atom. The van der Waals surface area contributed by atoms with Crippen molar-refractivity contribution in [2.24, 2.45) is 0 Å². The van der Waals surface area contributed by atoms with Crippen LogP contribution < -0.4 is 0 Å². The van der Waals surface area contributed by atoms with Gasteiger partial charge in [-0.2, -0.15) is 0 Å². The summed E-state index contributed by atoms with van der Waals surface area (Å²) in [5.41, 5.74) is 4.01. The topological polar surface area (TPSA) is 56.0 Å². The van der Waals surface area contributed by atoms with Crippen LogP contribution in [0.25, 0.3) is 44.7 Å². The van der Waals surface area contributed by atoms with E-state index in [0.717, 1.165) is 43.7 Å². The molecule has 0 aliphatic heterocycles. The van der Waals surface area contributed by atoms with E-state index in [1.165, 1.54) is 12.1 Å². The van der Waals surface area contributed by atoms with Gasteiger partial charge in [-0.3, -0.25) is 10.1 Å². The van der Waals surface area contributed by atoms with Gasteiger partial charge < -0.3 is 0 Å². The molecule has 5 aromatic rings. The first-order valence-electron chi connectivity index (χ1n) is 9.33. The van der Waals surface area contributed by atoms with Crippen LogP contribution in [0.3, 0.4) is 0 Å². The number of hydrogen-bond donors (Lipinski definition) is 0. The summed E-state index contributed by atoms with van der Waals surface area (Å²) in [6.07, 6.45) is 4.06. The van der Waals surface area contributed by atoms with Crippen LogP contribution in [-0.2, 0) is 0 Å². The molecule has 0 aliphatic rings. The molecular weight excluding hydrogens is 360 g/mol. The molecule has 0 amide bonds. The van der Waals surface area contributed by atoms with E-state index >= 15 is 0 Å². The fraction of sp³-hybridized carbons (Fsp3) is 0. The molecule has 0 N–H and O–H groups in total. The molecule has 0 aliphatic carbocycles. The lowest BCUT2D eigenvalue weighted by molar-refractivity contribution is -0.384. The highest BCUT2D eigenvalue weighted by Gasteiger charge is 2.10. The number of pyridine rings is 1. The standard InChI is InChI=1S/C25H16N2O2/c28-27(29)19-13-9-17(10-14-19)11-15-21-22-7-3-4-8-24(22)26-25-20-6-2-1-5-18(20)12-16-23(21)25/h1-16H/b15-11-. The number of non-ortho nitro benzene ring substituents is 1. The number of para-hydroxylation sites is 1. The molecule has 29 heavy (non-hydrogen) atoms. The number of nitro benzene ring substituents is 1. The van der Waals surface area contributed by atoms with Crippen LogP contribution in [0.5, 0.6) is 0 Å². The first-order valence-corrected chi connectivity index (χ1v) is 9.33. The minimum Gasteiger partial charge on any atom is -0.258 e. The van der Waals surface area contributed by atoms with Crippen LogP contribution in [-0.4, -0.2) is 9.91 Å². The first-order chi connectivity index (χ1) is 14.2. The Kier molecular flexibility index (Phi) is 4.03. The predicted octanol–water partition coefficient (Wildman–Crippen LogP) is 6.62. The van der Waals surface area contributed by atoms with Gasteiger partial charge in [0.2, 0.25) is 0 Å². The fourth-order valence-corrected chi connectivity index (χ4v) is 3.72. The highest BCUT2D eigenvalue weighted by Crippen LogP contribution is 2.32. The number of fused-ring (bicyclic) bond motifs is 4. The van der Waals surface area contributed by atoms with Crippen molar-refractivity contribution in [3.05, 3.63) is 106 Å². The number of rotatable bonds is 3. The van der Waals surface area contributed by atoms with E-state index in [0.29, 0.717) is 0 Å². The molecule has 1 heterocycles. The lowest BCUT2D eigenvalue weighted by Crippen LogP contribution is -1.89. The monoisotopic (exact) mass is 376 g/mol. The van der Waals surface area contributed by atoms with Crippen LogP contribution in [0, 0.1) is 10.1 Å². The highest BCUT2D eigenvalue weighted by molar-refractivity contribution is 6.13. The largest absolute Gasteiger partial charge is 0.269 e. The number of nitrogens with zero attached hydrogens (tertiary/aromatic N) is 2. The van der Waals surface area contributed by atoms with Crippen molar-refractivity contribution in [2.45, 2.75) is 0 Å². The zero-order valence-electron chi connectivity index (χ0n) is 15.4. The van der Waals surface area contributed by atoms with Gasteiger partial charge in [-0.05, 0) is 34.7 Å². The van der Waals surface area contributed by atoms with Gasteiger partial charge in [0.05, 0.1) is 16.0 Å². The van der Waals surface area contributed by atoms with Crippen molar-refractivity contribution >= 4 is 50.4 Å². The molecule has 4 nitrogen and oxygen atoms in total. The van der Waals surface area contributed by atoms with Gasteiger partial charge >= 0.3 is 0 Å². The molecule has 0 saturated carbocycles. The molecule has 4 heteroatoms. The van der Waals surface area contributed by atoms with Gasteiger partial charge in [-0.1, -0.05) is 66.7 Å². The quantitative estimate of drug-likeness (QED) is 0.154. The molecule has 5 rings (SSSR count). The van der Waals surface area contributed by atoms with Crippen molar-refractivity contribution in [2.75, 3.05) is 0 Å². The third kappa shape index (κ3) is 3.01. The first kappa shape index (κ1) is 17.1. The zero-order chi connectivity index (χ0) is 19.8. The van der Waals surface area contributed by atoms with Crippen molar-refractivity contribution in [3.8, 4) is 0 Å². The summed E-state index contributed by atoms with van der Waals surface area (Å²) in [5.74, 6) is 0. The summed E-state index contributed by atoms with van der Waals surface area (Å²) in [6.45, 7) is 0. The van der Waals surface area contributed by atoms with E-state index in [4.69, 9.17) is 4.98 Å². The molecular formula is C25H16N2O2. The highest BCUT2D eigenvalue weighted by atomic mass is 16.6. The van der Waals surface area contributed by atoms with Crippen molar-refractivity contribution in [3.63, 3.8) is 0 Å². The summed E-state index contributed by atoms with van der Waals surface area (Å²) >= 11 is 0. The third-order valence-electron chi connectivity index (χ3n) is 5.16. The van der Waals surface area contributed by atoms with Gasteiger partial charge in [0.25, 0.3) is 5.69 Å². The van der Waals surface area contributed by atoms with Gasteiger partial charge in [0.1, 0.15) is 0 Å². The van der Waals surface area contributed by atoms with Gasteiger partial charge in [-0.25, -0.2) is 4.98 Å². The Labute approximate surface area is 166 Å². The fourth-order valence-electron chi connectivity index (χ4n) is 3.72. The minimum atomic E-state index is -0.386.